The van der Waals surface area contributed by atoms with Crippen molar-refractivity contribution in [3.63, 3.8) is 0 Å². The molecular formula is C19H26. The molecule has 5 unspecified atom stereocenters. The van der Waals surface area contributed by atoms with Crippen LogP contribution < -0.4 is 0 Å². The first-order valence-electron chi connectivity index (χ1n) is 8.33. The fraction of sp³-hybridized carbons (Fsp3) is 0.684. The molecule has 0 heteroatoms. The summed E-state index contributed by atoms with van der Waals surface area (Å²) in [5, 5.41) is 0. The van der Waals surface area contributed by atoms with Crippen LogP contribution in [0.3, 0.4) is 0 Å². The molecule has 0 N–H and O–H groups in total. The van der Waals surface area contributed by atoms with Gasteiger partial charge in [-0.25, -0.2) is 0 Å². The van der Waals surface area contributed by atoms with Gasteiger partial charge in [0.15, 0.2) is 0 Å². The second-order valence-electron chi connectivity index (χ2n) is 7.47. The van der Waals surface area contributed by atoms with E-state index in [1.165, 1.54) is 44.1 Å². The molecule has 2 fully saturated rings. The summed E-state index contributed by atoms with van der Waals surface area (Å²) < 4.78 is 0. The molecule has 0 radical (unpaired) electrons. The van der Waals surface area contributed by atoms with E-state index in [0.717, 1.165) is 29.6 Å². The number of benzene rings is 1. The van der Waals surface area contributed by atoms with E-state index in [2.05, 4.69) is 32.0 Å². The Morgan fingerprint density at radius 2 is 1.74 bits per heavy atom. The van der Waals surface area contributed by atoms with Crippen molar-refractivity contribution in [2.45, 2.75) is 58.3 Å². The summed E-state index contributed by atoms with van der Waals surface area (Å²) in [6.45, 7) is 4.74. The van der Waals surface area contributed by atoms with Gasteiger partial charge in [-0.1, -0.05) is 37.1 Å². The molecular weight excluding hydrogens is 228 g/mol. The summed E-state index contributed by atoms with van der Waals surface area (Å²) in [5.74, 6) is 5.04. The van der Waals surface area contributed by atoms with Crippen LogP contribution in [0.15, 0.2) is 18.2 Å². The molecule has 3 aliphatic carbocycles. The topological polar surface area (TPSA) is 0 Å². The van der Waals surface area contributed by atoms with E-state index >= 15 is 0 Å². The van der Waals surface area contributed by atoms with Crippen LogP contribution in [0.25, 0.3) is 0 Å². The van der Waals surface area contributed by atoms with Crippen LogP contribution in [0.4, 0.5) is 0 Å². The van der Waals surface area contributed by atoms with E-state index in [1.807, 2.05) is 0 Å². The highest BCUT2D eigenvalue weighted by Crippen LogP contribution is 2.56. The minimum absolute atomic E-state index is 0.899. The summed E-state index contributed by atoms with van der Waals surface area (Å²) in [6, 6.07) is 7.25. The largest absolute Gasteiger partial charge is 0.0622 e. The zero-order valence-electron chi connectivity index (χ0n) is 12.4. The van der Waals surface area contributed by atoms with Crippen LogP contribution in [0.5, 0.6) is 0 Å². The van der Waals surface area contributed by atoms with Crippen LogP contribution >= 0.6 is 0 Å². The monoisotopic (exact) mass is 254 g/mol. The molecule has 0 saturated heterocycles. The molecule has 0 amide bonds. The van der Waals surface area contributed by atoms with Crippen LogP contribution in [0.2, 0.25) is 0 Å². The highest BCUT2D eigenvalue weighted by atomic mass is 14.5. The van der Waals surface area contributed by atoms with Crippen LogP contribution in [-0.4, -0.2) is 0 Å². The third kappa shape index (κ3) is 1.79. The lowest BCUT2D eigenvalue weighted by atomic mass is 9.60. The average molecular weight is 254 g/mol. The maximum Gasteiger partial charge on any atom is -0.0128 e. The first kappa shape index (κ1) is 12.0. The number of hydrogen-bond donors (Lipinski definition) is 0. The van der Waals surface area contributed by atoms with Gasteiger partial charge in [0, 0.05) is 0 Å². The highest BCUT2D eigenvalue weighted by Gasteiger charge is 2.46. The third-order valence-corrected chi connectivity index (χ3v) is 6.56. The van der Waals surface area contributed by atoms with E-state index in [1.54, 1.807) is 11.1 Å². The first-order valence-corrected chi connectivity index (χ1v) is 8.33. The molecule has 0 spiro atoms. The second-order valence-corrected chi connectivity index (χ2v) is 7.47. The number of hydrogen-bond acceptors (Lipinski definition) is 0. The Kier molecular flexibility index (Phi) is 2.76. The van der Waals surface area contributed by atoms with Crippen molar-refractivity contribution in [3.05, 3.63) is 34.9 Å². The molecule has 0 bridgehead atoms. The molecule has 4 rings (SSSR count). The van der Waals surface area contributed by atoms with Gasteiger partial charge >= 0.3 is 0 Å². The summed E-state index contributed by atoms with van der Waals surface area (Å²) in [5.41, 5.74) is 4.84. The molecule has 19 heavy (non-hydrogen) atoms. The number of rotatable bonds is 0. The van der Waals surface area contributed by atoms with E-state index in [9.17, 15) is 0 Å². The fourth-order valence-corrected chi connectivity index (χ4v) is 5.66. The first-order chi connectivity index (χ1) is 9.24. The Morgan fingerprint density at radius 3 is 2.63 bits per heavy atom. The standard InChI is InChI=1S/C19H26/c1-12-3-6-16-14(11-12)5-8-19-17-7-4-13(2)15(17)9-10-18(16)19/h3,6,11,13,15,17-19H,4-5,7-10H2,1-2H3. The van der Waals surface area contributed by atoms with Crippen LogP contribution in [-0.2, 0) is 6.42 Å². The predicted octanol–water partition coefficient (Wildman–Crippen LogP) is 5.10. The van der Waals surface area contributed by atoms with Gasteiger partial charge in [-0.15, -0.1) is 0 Å². The molecule has 0 aromatic heterocycles. The summed E-state index contributed by atoms with van der Waals surface area (Å²) >= 11 is 0. The van der Waals surface area contributed by atoms with Gasteiger partial charge in [-0.2, -0.15) is 0 Å². The molecule has 0 heterocycles. The minimum atomic E-state index is 0.899. The zero-order valence-corrected chi connectivity index (χ0v) is 12.4. The van der Waals surface area contributed by atoms with Gasteiger partial charge in [0.25, 0.3) is 0 Å². The Hall–Kier alpha value is -0.780. The fourth-order valence-electron chi connectivity index (χ4n) is 5.66. The van der Waals surface area contributed by atoms with Crippen molar-refractivity contribution in [3.8, 4) is 0 Å². The summed E-state index contributed by atoms with van der Waals surface area (Å²) in [6.07, 6.45) is 8.80. The lowest BCUT2D eigenvalue weighted by Gasteiger charge is -2.45. The van der Waals surface area contributed by atoms with Crippen LogP contribution in [0.1, 0.15) is 61.6 Å². The number of aryl methyl sites for hydroxylation is 2. The normalized spacial score (nSPS) is 40.4. The van der Waals surface area contributed by atoms with E-state index in [0.29, 0.717) is 0 Å². The maximum absolute atomic E-state index is 2.51. The van der Waals surface area contributed by atoms with Crippen LogP contribution in [0, 0.1) is 30.6 Å². The lowest BCUT2D eigenvalue weighted by Crippen LogP contribution is -2.35. The van der Waals surface area contributed by atoms with Gasteiger partial charge < -0.3 is 0 Å². The maximum atomic E-state index is 2.51. The Morgan fingerprint density at radius 1 is 0.895 bits per heavy atom. The minimum Gasteiger partial charge on any atom is -0.0622 e. The van der Waals surface area contributed by atoms with E-state index < -0.39 is 0 Å². The molecule has 1 aromatic rings. The molecule has 1 aromatic carbocycles. The Labute approximate surface area is 117 Å². The molecule has 0 aliphatic heterocycles. The summed E-state index contributed by atoms with van der Waals surface area (Å²) in [7, 11) is 0. The quantitative estimate of drug-likeness (QED) is 0.604. The molecule has 2 saturated carbocycles. The van der Waals surface area contributed by atoms with Gasteiger partial charge in [-0.3, -0.25) is 0 Å². The molecule has 3 aliphatic rings. The van der Waals surface area contributed by atoms with Crippen molar-refractivity contribution in [2.75, 3.05) is 0 Å². The zero-order chi connectivity index (χ0) is 13.0. The van der Waals surface area contributed by atoms with Gasteiger partial charge in [0.1, 0.15) is 0 Å². The van der Waals surface area contributed by atoms with Gasteiger partial charge in [-0.05, 0) is 79.7 Å². The molecule has 102 valence electrons. The molecule has 5 atom stereocenters. The van der Waals surface area contributed by atoms with Gasteiger partial charge in [0.2, 0.25) is 0 Å². The third-order valence-electron chi connectivity index (χ3n) is 6.56. The predicted molar refractivity (Wildman–Crippen MR) is 80.3 cm³/mol. The highest BCUT2D eigenvalue weighted by molar-refractivity contribution is 5.37. The molecule has 0 nitrogen and oxygen atoms in total. The smallest absolute Gasteiger partial charge is 0.0128 e. The van der Waals surface area contributed by atoms with E-state index in [-0.39, 0.29) is 0 Å². The van der Waals surface area contributed by atoms with E-state index in [4.69, 9.17) is 0 Å². The SMILES string of the molecule is Cc1ccc2c(c1)CCC1C2CCC2C(C)CCC21. The Bertz CT molecular complexity index is 487. The summed E-state index contributed by atoms with van der Waals surface area (Å²) in [4.78, 5) is 0. The number of fused-ring (bicyclic) bond motifs is 5. The second kappa shape index (κ2) is 4.36. The van der Waals surface area contributed by atoms with Gasteiger partial charge in [0.05, 0.1) is 0 Å². The van der Waals surface area contributed by atoms with Crippen molar-refractivity contribution in [1.29, 1.82) is 0 Å². The average Bonchev–Trinajstić information content (AvgIpc) is 2.80. The van der Waals surface area contributed by atoms with Crippen molar-refractivity contribution in [2.24, 2.45) is 23.7 Å². The lowest BCUT2D eigenvalue weighted by molar-refractivity contribution is 0.119. The van der Waals surface area contributed by atoms with Crippen molar-refractivity contribution >= 4 is 0 Å². The Balaban J connectivity index is 1.68. The van der Waals surface area contributed by atoms with Crippen molar-refractivity contribution < 1.29 is 0 Å². The van der Waals surface area contributed by atoms with Crippen molar-refractivity contribution in [1.82, 2.24) is 0 Å².